The SMILES string of the molecule is C[Si](C)(C)CCOCn1ncc(N2Cc3cc(F)c(OC4CCN(C(=O)O)CC4)cc3C2)c(C(F)(F)F)c1=O. The number of ether oxygens (including phenoxy) is 2. The maximum absolute atomic E-state index is 14.8. The highest BCUT2D eigenvalue weighted by Crippen LogP contribution is 2.38. The van der Waals surface area contributed by atoms with Crippen LogP contribution in [0.5, 0.6) is 5.75 Å². The molecule has 2 aliphatic heterocycles. The normalized spacial score (nSPS) is 16.5. The Morgan fingerprint density at radius 3 is 2.38 bits per heavy atom. The second kappa shape index (κ2) is 11.2. The highest BCUT2D eigenvalue weighted by atomic mass is 28.3. The van der Waals surface area contributed by atoms with E-state index in [1.165, 1.54) is 21.9 Å². The van der Waals surface area contributed by atoms with E-state index in [4.69, 9.17) is 14.6 Å². The first-order valence-corrected chi connectivity index (χ1v) is 16.4. The number of anilines is 1. The minimum absolute atomic E-state index is 0.00432. The fourth-order valence-electron chi connectivity index (χ4n) is 4.61. The van der Waals surface area contributed by atoms with E-state index in [1.807, 2.05) is 0 Å². The number of carboxylic acid groups (broad SMARTS) is 1. The van der Waals surface area contributed by atoms with Crippen molar-refractivity contribution in [2.24, 2.45) is 0 Å². The van der Waals surface area contributed by atoms with E-state index in [-0.39, 0.29) is 50.5 Å². The van der Waals surface area contributed by atoms with Gasteiger partial charge in [0.25, 0.3) is 5.56 Å². The first-order chi connectivity index (χ1) is 18.2. The van der Waals surface area contributed by atoms with Crippen molar-refractivity contribution in [3.05, 3.63) is 51.2 Å². The summed E-state index contributed by atoms with van der Waals surface area (Å²) in [5.41, 5.74) is -1.98. The van der Waals surface area contributed by atoms with Gasteiger partial charge < -0.3 is 24.4 Å². The lowest BCUT2D eigenvalue weighted by Crippen LogP contribution is -2.41. The van der Waals surface area contributed by atoms with Crippen LogP contribution in [0.25, 0.3) is 0 Å². The lowest BCUT2D eigenvalue weighted by molar-refractivity contribution is -0.138. The number of alkyl halides is 3. The lowest BCUT2D eigenvalue weighted by atomic mass is 10.1. The molecular formula is C25H32F4N4O5Si. The summed E-state index contributed by atoms with van der Waals surface area (Å²) in [7, 11) is -1.41. The Balaban J connectivity index is 1.50. The van der Waals surface area contributed by atoms with Crippen molar-refractivity contribution < 1.29 is 36.9 Å². The summed E-state index contributed by atoms with van der Waals surface area (Å²) in [5, 5.41) is 13.0. The molecule has 1 aromatic heterocycles. The maximum Gasteiger partial charge on any atom is 0.423 e. The maximum atomic E-state index is 14.8. The fraction of sp³-hybridized carbons (Fsp3) is 0.560. The van der Waals surface area contributed by atoms with Gasteiger partial charge >= 0.3 is 12.3 Å². The highest BCUT2D eigenvalue weighted by Gasteiger charge is 2.40. The molecule has 0 unspecified atom stereocenters. The average molecular weight is 573 g/mol. The van der Waals surface area contributed by atoms with E-state index in [2.05, 4.69) is 24.7 Å². The molecule has 2 aromatic rings. The van der Waals surface area contributed by atoms with Gasteiger partial charge in [-0.15, -0.1) is 0 Å². The van der Waals surface area contributed by atoms with Gasteiger partial charge in [0.05, 0.1) is 11.9 Å². The number of benzene rings is 1. The van der Waals surface area contributed by atoms with Gasteiger partial charge in [0.2, 0.25) is 0 Å². The van der Waals surface area contributed by atoms with Crippen LogP contribution >= 0.6 is 0 Å². The van der Waals surface area contributed by atoms with E-state index < -0.39 is 37.3 Å². The molecule has 1 aromatic carbocycles. The number of hydrogen-bond acceptors (Lipinski definition) is 6. The number of fused-ring (bicyclic) bond motifs is 1. The molecule has 2 aliphatic rings. The minimum Gasteiger partial charge on any atom is -0.487 e. The predicted octanol–water partition coefficient (Wildman–Crippen LogP) is 4.75. The monoisotopic (exact) mass is 572 g/mol. The Morgan fingerprint density at radius 2 is 1.79 bits per heavy atom. The number of nitrogens with zero attached hydrogens (tertiary/aromatic N) is 4. The van der Waals surface area contributed by atoms with Crippen LogP contribution in [0, 0.1) is 5.82 Å². The van der Waals surface area contributed by atoms with Crippen molar-refractivity contribution in [3.63, 3.8) is 0 Å². The Labute approximate surface area is 223 Å². The standard InChI is InChI=1S/C25H32F4N4O5Si/c1-39(2,3)9-8-37-15-33-23(34)22(25(27,28)29)20(12-30-33)32-13-16-10-19(26)21(11-17(16)14-32)38-18-4-6-31(7-5-18)24(35)36/h10-12,18H,4-9,13-15H2,1-3H3,(H,35,36). The molecule has 1 amide bonds. The van der Waals surface area contributed by atoms with Crippen molar-refractivity contribution in [1.82, 2.24) is 14.7 Å². The molecule has 0 bridgehead atoms. The molecule has 1 saturated heterocycles. The molecule has 1 N–H and O–H groups in total. The smallest absolute Gasteiger partial charge is 0.423 e. The Hall–Kier alpha value is -3.13. The molecule has 0 aliphatic carbocycles. The van der Waals surface area contributed by atoms with E-state index in [1.54, 1.807) is 0 Å². The molecule has 9 nitrogen and oxygen atoms in total. The highest BCUT2D eigenvalue weighted by molar-refractivity contribution is 6.76. The van der Waals surface area contributed by atoms with Crippen molar-refractivity contribution >= 4 is 19.9 Å². The van der Waals surface area contributed by atoms with Gasteiger partial charge in [0.1, 0.15) is 18.4 Å². The quantitative estimate of drug-likeness (QED) is 0.277. The van der Waals surface area contributed by atoms with Crippen molar-refractivity contribution in [3.8, 4) is 5.75 Å². The zero-order valence-corrected chi connectivity index (χ0v) is 23.1. The van der Waals surface area contributed by atoms with Crippen LogP contribution in [0.3, 0.4) is 0 Å². The Kier molecular flexibility index (Phi) is 8.26. The molecule has 214 valence electrons. The third-order valence-corrected chi connectivity index (χ3v) is 8.54. The number of halogens is 4. The summed E-state index contributed by atoms with van der Waals surface area (Å²) in [6.45, 7) is 6.85. The average Bonchev–Trinajstić information content (AvgIpc) is 3.24. The zero-order valence-electron chi connectivity index (χ0n) is 22.1. The van der Waals surface area contributed by atoms with Crippen LogP contribution in [0.15, 0.2) is 23.1 Å². The van der Waals surface area contributed by atoms with Crippen LogP contribution in [0.1, 0.15) is 29.5 Å². The molecule has 0 saturated carbocycles. The van der Waals surface area contributed by atoms with Gasteiger partial charge in [0.15, 0.2) is 11.6 Å². The van der Waals surface area contributed by atoms with E-state index in [0.29, 0.717) is 35.3 Å². The van der Waals surface area contributed by atoms with Crippen LogP contribution in [-0.4, -0.2) is 59.8 Å². The molecule has 0 spiro atoms. The molecule has 0 atom stereocenters. The number of hydrogen-bond donors (Lipinski definition) is 1. The van der Waals surface area contributed by atoms with Gasteiger partial charge in [-0.3, -0.25) is 4.79 Å². The largest absolute Gasteiger partial charge is 0.487 e. The number of piperidine rings is 1. The zero-order chi connectivity index (χ0) is 28.5. The molecule has 0 radical (unpaired) electrons. The first-order valence-electron chi connectivity index (χ1n) is 12.7. The summed E-state index contributed by atoms with van der Waals surface area (Å²) in [4.78, 5) is 26.5. The molecular weight excluding hydrogens is 540 g/mol. The van der Waals surface area contributed by atoms with E-state index in [9.17, 15) is 27.2 Å². The molecule has 39 heavy (non-hydrogen) atoms. The molecule has 4 rings (SSSR count). The number of aromatic nitrogens is 2. The summed E-state index contributed by atoms with van der Waals surface area (Å²) in [6, 6.07) is 3.48. The van der Waals surface area contributed by atoms with E-state index >= 15 is 0 Å². The van der Waals surface area contributed by atoms with Gasteiger partial charge in [-0.1, -0.05) is 19.6 Å². The Bertz CT molecular complexity index is 1270. The van der Waals surface area contributed by atoms with Gasteiger partial charge in [-0.2, -0.15) is 18.3 Å². The lowest BCUT2D eigenvalue weighted by Gasteiger charge is -2.30. The second-order valence-corrected chi connectivity index (χ2v) is 16.7. The third kappa shape index (κ3) is 6.90. The van der Waals surface area contributed by atoms with Crippen LogP contribution in [0.2, 0.25) is 25.7 Å². The van der Waals surface area contributed by atoms with Crippen LogP contribution in [0.4, 0.5) is 28.0 Å². The summed E-state index contributed by atoms with van der Waals surface area (Å²) < 4.78 is 68.9. The summed E-state index contributed by atoms with van der Waals surface area (Å²) in [5.74, 6) is -0.694. The summed E-state index contributed by atoms with van der Waals surface area (Å²) >= 11 is 0. The van der Waals surface area contributed by atoms with Crippen molar-refractivity contribution in [2.75, 3.05) is 24.6 Å². The first kappa shape index (κ1) is 28.9. The van der Waals surface area contributed by atoms with Gasteiger partial charge in [0, 0.05) is 53.7 Å². The molecule has 14 heteroatoms. The minimum atomic E-state index is -4.94. The van der Waals surface area contributed by atoms with Gasteiger partial charge in [-0.05, 0) is 29.3 Å². The van der Waals surface area contributed by atoms with Crippen LogP contribution < -0.4 is 15.2 Å². The summed E-state index contributed by atoms with van der Waals surface area (Å²) in [6.07, 6.45) is -4.54. The predicted molar refractivity (Wildman–Crippen MR) is 137 cm³/mol. The van der Waals surface area contributed by atoms with E-state index in [0.717, 1.165) is 12.2 Å². The second-order valence-electron chi connectivity index (χ2n) is 11.0. The molecule has 3 heterocycles. The number of carbonyl (C=O) groups is 1. The van der Waals surface area contributed by atoms with Crippen LogP contribution in [-0.2, 0) is 30.7 Å². The van der Waals surface area contributed by atoms with Crippen molar-refractivity contribution in [1.29, 1.82) is 0 Å². The van der Waals surface area contributed by atoms with Crippen molar-refractivity contribution in [2.45, 2.75) is 70.6 Å². The topological polar surface area (TPSA) is 97.1 Å². The number of likely N-dealkylation sites (tertiary alicyclic amines) is 1. The van der Waals surface area contributed by atoms with Gasteiger partial charge in [-0.25, -0.2) is 13.9 Å². The Morgan fingerprint density at radius 1 is 1.15 bits per heavy atom. The molecule has 1 fully saturated rings. The third-order valence-electron chi connectivity index (χ3n) is 6.84. The number of amides is 1. The number of rotatable bonds is 8. The fourth-order valence-corrected chi connectivity index (χ4v) is 5.37.